The fourth-order valence-electron chi connectivity index (χ4n) is 3.32. The second kappa shape index (κ2) is 6.36. The second-order valence-electron chi connectivity index (χ2n) is 6.79. The second-order valence-corrected chi connectivity index (χ2v) is 6.79. The van der Waals surface area contributed by atoms with Crippen LogP contribution < -0.4 is 0 Å². The first-order chi connectivity index (χ1) is 12.5. The maximum Gasteiger partial charge on any atom is 0.271 e. The zero-order chi connectivity index (χ0) is 18.1. The summed E-state index contributed by atoms with van der Waals surface area (Å²) < 4.78 is 18.5. The average molecular weight is 355 g/mol. The first kappa shape index (κ1) is 16.4. The van der Waals surface area contributed by atoms with Gasteiger partial charge in [-0.05, 0) is 43.2 Å². The lowest BCUT2D eigenvalue weighted by Gasteiger charge is -2.38. The maximum absolute atomic E-state index is 13.1. The van der Waals surface area contributed by atoms with Crippen LogP contribution in [0.3, 0.4) is 0 Å². The minimum Gasteiger partial charge on any atom is -0.336 e. The highest BCUT2D eigenvalue weighted by Gasteiger charge is 2.39. The lowest BCUT2D eigenvalue weighted by molar-refractivity contribution is 0.0636. The Morgan fingerprint density at radius 2 is 2.12 bits per heavy atom. The van der Waals surface area contributed by atoms with Crippen LogP contribution in [0.1, 0.15) is 36.1 Å². The van der Waals surface area contributed by atoms with Crippen molar-refractivity contribution in [3.05, 3.63) is 53.9 Å². The van der Waals surface area contributed by atoms with E-state index in [1.54, 1.807) is 29.3 Å². The van der Waals surface area contributed by atoms with Crippen molar-refractivity contribution >= 4 is 5.91 Å². The lowest BCUT2D eigenvalue weighted by atomic mass is 9.81. The number of H-pyrrole nitrogens is 1. The normalized spacial score (nSPS) is 20.3. The number of hydrogen-bond donors (Lipinski definition) is 1. The number of benzene rings is 1. The molecule has 0 saturated carbocycles. The number of aromatic amines is 1. The highest BCUT2D eigenvalue weighted by molar-refractivity contribution is 5.92. The largest absolute Gasteiger partial charge is 0.336 e. The zero-order valence-corrected chi connectivity index (χ0v) is 14.3. The van der Waals surface area contributed by atoms with Crippen molar-refractivity contribution in [1.29, 1.82) is 0 Å². The molecule has 1 unspecified atom stereocenters. The van der Waals surface area contributed by atoms with Crippen molar-refractivity contribution in [3.8, 4) is 11.5 Å². The third-order valence-corrected chi connectivity index (χ3v) is 4.77. The number of amides is 1. The van der Waals surface area contributed by atoms with E-state index < -0.39 is 5.41 Å². The molecule has 1 aromatic carbocycles. The van der Waals surface area contributed by atoms with Crippen molar-refractivity contribution in [2.75, 3.05) is 13.1 Å². The van der Waals surface area contributed by atoms with Crippen LogP contribution in [0.5, 0.6) is 0 Å². The number of aromatic nitrogens is 4. The summed E-state index contributed by atoms with van der Waals surface area (Å²) in [6.45, 7) is 3.20. The van der Waals surface area contributed by atoms with Crippen LogP contribution >= 0.6 is 0 Å². The molecule has 1 aliphatic heterocycles. The number of piperidine rings is 1. The molecule has 1 fully saturated rings. The lowest BCUT2D eigenvalue weighted by Crippen LogP contribution is -2.47. The number of hydrogen-bond acceptors (Lipinski definition) is 5. The molecule has 0 aliphatic carbocycles. The molecule has 0 bridgehead atoms. The molecule has 1 saturated heterocycles. The molecular formula is C18H18FN5O2. The Bertz CT molecular complexity index is 906. The van der Waals surface area contributed by atoms with Gasteiger partial charge < -0.3 is 9.42 Å². The standard InChI is InChI=1S/C18H18FN5O2/c1-18(8-2-10-24(11-18)16(25)14-7-9-20-22-14)17-21-15(26-23-17)12-3-5-13(19)6-4-12/h3-7,9H,2,8,10-11H2,1H3,(H,20,22). The fourth-order valence-corrected chi connectivity index (χ4v) is 3.32. The number of carbonyl (C=O) groups is 1. The molecule has 1 N–H and O–H groups in total. The van der Waals surface area contributed by atoms with Gasteiger partial charge in [0.1, 0.15) is 11.5 Å². The van der Waals surface area contributed by atoms with Gasteiger partial charge in [0.25, 0.3) is 11.8 Å². The number of likely N-dealkylation sites (tertiary alicyclic amines) is 1. The Balaban J connectivity index is 1.56. The van der Waals surface area contributed by atoms with Crippen LogP contribution in [0, 0.1) is 5.82 Å². The summed E-state index contributed by atoms with van der Waals surface area (Å²) in [4.78, 5) is 18.9. The van der Waals surface area contributed by atoms with Crippen molar-refractivity contribution in [2.24, 2.45) is 0 Å². The molecule has 26 heavy (non-hydrogen) atoms. The third-order valence-electron chi connectivity index (χ3n) is 4.77. The molecule has 7 nitrogen and oxygen atoms in total. The summed E-state index contributed by atoms with van der Waals surface area (Å²) >= 11 is 0. The van der Waals surface area contributed by atoms with Crippen LogP contribution in [0.25, 0.3) is 11.5 Å². The van der Waals surface area contributed by atoms with E-state index in [2.05, 4.69) is 20.3 Å². The number of nitrogens with zero attached hydrogens (tertiary/aromatic N) is 4. The van der Waals surface area contributed by atoms with Crippen LogP contribution in [-0.2, 0) is 5.41 Å². The summed E-state index contributed by atoms with van der Waals surface area (Å²) in [5.74, 6) is 0.494. The summed E-state index contributed by atoms with van der Waals surface area (Å²) in [5, 5.41) is 10.7. The van der Waals surface area contributed by atoms with Gasteiger partial charge in [0, 0.05) is 30.3 Å². The quantitative estimate of drug-likeness (QED) is 0.780. The van der Waals surface area contributed by atoms with Gasteiger partial charge in [-0.3, -0.25) is 9.89 Å². The molecule has 2 aromatic heterocycles. The van der Waals surface area contributed by atoms with E-state index in [1.165, 1.54) is 12.1 Å². The Morgan fingerprint density at radius 1 is 1.31 bits per heavy atom. The Labute approximate surface area is 149 Å². The molecule has 0 spiro atoms. The first-order valence-electron chi connectivity index (χ1n) is 8.44. The molecule has 134 valence electrons. The van der Waals surface area contributed by atoms with Crippen LogP contribution in [-0.4, -0.2) is 44.2 Å². The van der Waals surface area contributed by atoms with E-state index in [-0.39, 0.29) is 11.7 Å². The minimum atomic E-state index is -0.407. The number of rotatable bonds is 3. The zero-order valence-electron chi connectivity index (χ0n) is 14.3. The topological polar surface area (TPSA) is 87.9 Å². The van der Waals surface area contributed by atoms with Gasteiger partial charge in [-0.1, -0.05) is 12.1 Å². The summed E-state index contributed by atoms with van der Waals surface area (Å²) in [7, 11) is 0. The van der Waals surface area contributed by atoms with E-state index in [0.717, 1.165) is 12.8 Å². The predicted molar refractivity (Wildman–Crippen MR) is 90.8 cm³/mol. The molecule has 1 amide bonds. The maximum atomic E-state index is 13.1. The number of nitrogens with one attached hydrogen (secondary N) is 1. The fraction of sp³-hybridized carbons (Fsp3) is 0.333. The summed E-state index contributed by atoms with van der Waals surface area (Å²) in [6, 6.07) is 7.57. The van der Waals surface area contributed by atoms with Crippen molar-refractivity contribution in [2.45, 2.75) is 25.2 Å². The SMILES string of the molecule is CC1(c2noc(-c3ccc(F)cc3)n2)CCCN(C(=O)c2ccn[nH]2)C1. The van der Waals surface area contributed by atoms with Gasteiger partial charge in [-0.15, -0.1) is 0 Å². The molecule has 0 radical (unpaired) electrons. The minimum absolute atomic E-state index is 0.0873. The molecule has 1 aliphatic rings. The first-order valence-corrected chi connectivity index (χ1v) is 8.44. The molecule has 1 atom stereocenters. The molecule has 8 heteroatoms. The van der Waals surface area contributed by atoms with Gasteiger partial charge in [-0.25, -0.2) is 4.39 Å². The van der Waals surface area contributed by atoms with Gasteiger partial charge in [0.2, 0.25) is 0 Å². The van der Waals surface area contributed by atoms with E-state index in [0.29, 0.717) is 36.1 Å². The molecule has 3 heterocycles. The third kappa shape index (κ3) is 2.98. The van der Waals surface area contributed by atoms with E-state index in [4.69, 9.17) is 4.52 Å². The summed E-state index contributed by atoms with van der Waals surface area (Å²) in [5.41, 5.74) is 0.722. The predicted octanol–water partition coefficient (Wildman–Crippen LogP) is 2.79. The average Bonchev–Trinajstić information content (AvgIpc) is 3.34. The van der Waals surface area contributed by atoms with Gasteiger partial charge >= 0.3 is 0 Å². The smallest absolute Gasteiger partial charge is 0.271 e. The van der Waals surface area contributed by atoms with Gasteiger partial charge in [0.05, 0.1) is 0 Å². The number of carbonyl (C=O) groups excluding carboxylic acids is 1. The van der Waals surface area contributed by atoms with Crippen LogP contribution in [0.4, 0.5) is 4.39 Å². The van der Waals surface area contributed by atoms with E-state index in [9.17, 15) is 9.18 Å². The highest BCUT2D eigenvalue weighted by atomic mass is 19.1. The van der Waals surface area contributed by atoms with E-state index in [1.807, 2.05) is 6.92 Å². The Hall–Kier alpha value is -3.03. The molecule has 4 rings (SSSR count). The van der Waals surface area contributed by atoms with Gasteiger partial charge in [-0.2, -0.15) is 10.1 Å². The highest BCUT2D eigenvalue weighted by Crippen LogP contribution is 2.33. The van der Waals surface area contributed by atoms with Crippen LogP contribution in [0.15, 0.2) is 41.1 Å². The van der Waals surface area contributed by atoms with Crippen molar-refractivity contribution < 1.29 is 13.7 Å². The summed E-state index contributed by atoms with van der Waals surface area (Å²) in [6.07, 6.45) is 3.25. The van der Waals surface area contributed by atoms with Crippen molar-refractivity contribution in [3.63, 3.8) is 0 Å². The Morgan fingerprint density at radius 3 is 2.85 bits per heavy atom. The number of halogens is 1. The Kier molecular flexibility index (Phi) is 4.02. The molecular weight excluding hydrogens is 337 g/mol. The van der Waals surface area contributed by atoms with Crippen LogP contribution in [0.2, 0.25) is 0 Å². The van der Waals surface area contributed by atoms with Crippen molar-refractivity contribution in [1.82, 2.24) is 25.2 Å². The molecule has 3 aromatic rings. The van der Waals surface area contributed by atoms with E-state index >= 15 is 0 Å². The monoisotopic (exact) mass is 355 g/mol. The van der Waals surface area contributed by atoms with Gasteiger partial charge in [0.15, 0.2) is 5.82 Å².